The quantitative estimate of drug-likeness (QED) is 0.640. The molecule has 0 unspecified atom stereocenters. The summed E-state index contributed by atoms with van der Waals surface area (Å²) in [6.07, 6.45) is 0. The van der Waals surface area contributed by atoms with Gasteiger partial charge in [-0.2, -0.15) is 0 Å². The van der Waals surface area contributed by atoms with E-state index in [1.165, 1.54) is 0 Å². The number of nitrogens with zero attached hydrogens (tertiary/aromatic N) is 1. The van der Waals surface area contributed by atoms with Crippen LogP contribution >= 0.6 is 0 Å². The summed E-state index contributed by atoms with van der Waals surface area (Å²) >= 11 is 0. The largest absolute Gasteiger partial charge is 0.301 e. The van der Waals surface area contributed by atoms with Gasteiger partial charge in [-0.15, -0.1) is 0 Å². The molecule has 0 amide bonds. The molecule has 1 aromatic carbocycles. The van der Waals surface area contributed by atoms with Crippen molar-refractivity contribution in [3.8, 4) is 0 Å². The molecular formula is C10H13NO2S. The summed E-state index contributed by atoms with van der Waals surface area (Å²) in [6.45, 7) is 1.33. The summed E-state index contributed by atoms with van der Waals surface area (Å²) in [5.41, 5.74) is 0.910. The highest BCUT2D eigenvalue weighted by molar-refractivity contribution is 7.91. The highest BCUT2D eigenvalue weighted by Gasteiger charge is 2.22. The molecule has 0 N–H and O–H groups in total. The fraction of sp³-hybridized carbons (Fsp3) is 0.400. The van der Waals surface area contributed by atoms with Crippen molar-refractivity contribution in [3.63, 3.8) is 0 Å². The first-order valence-corrected chi connectivity index (χ1v) is 6.24. The standard InChI is InChI=1S/C10H13NO2S/c1-11-6-7-14(12,13)10-5-3-2-4-9(10)8-11/h2-5H,6-8H2,1H3. The van der Waals surface area contributed by atoms with Crippen LogP contribution in [-0.2, 0) is 16.4 Å². The Bertz CT molecular complexity index is 439. The van der Waals surface area contributed by atoms with Gasteiger partial charge in [-0.25, -0.2) is 8.42 Å². The Morgan fingerprint density at radius 2 is 2.00 bits per heavy atom. The molecule has 1 aliphatic rings. The number of hydrogen-bond acceptors (Lipinski definition) is 3. The molecule has 0 bridgehead atoms. The molecule has 0 fully saturated rings. The van der Waals surface area contributed by atoms with Gasteiger partial charge in [0, 0.05) is 13.1 Å². The highest BCUT2D eigenvalue weighted by atomic mass is 32.2. The summed E-state index contributed by atoms with van der Waals surface area (Å²) < 4.78 is 23.6. The first kappa shape index (κ1) is 9.68. The van der Waals surface area contributed by atoms with Gasteiger partial charge in [-0.05, 0) is 18.7 Å². The van der Waals surface area contributed by atoms with Crippen LogP contribution < -0.4 is 0 Å². The lowest BCUT2D eigenvalue weighted by molar-refractivity contribution is 0.348. The highest BCUT2D eigenvalue weighted by Crippen LogP contribution is 2.21. The van der Waals surface area contributed by atoms with E-state index in [0.717, 1.165) is 12.1 Å². The summed E-state index contributed by atoms with van der Waals surface area (Å²) in [7, 11) is -1.11. The smallest absolute Gasteiger partial charge is 0.179 e. The van der Waals surface area contributed by atoms with E-state index in [2.05, 4.69) is 0 Å². The van der Waals surface area contributed by atoms with Crippen LogP contribution in [0.5, 0.6) is 0 Å². The third kappa shape index (κ3) is 1.67. The van der Waals surface area contributed by atoms with Gasteiger partial charge in [-0.1, -0.05) is 18.2 Å². The van der Waals surface area contributed by atoms with Crippen molar-refractivity contribution in [3.05, 3.63) is 29.8 Å². The predicted octanol–water partition coefficient (Wildman–Crippen LogP) is 0.906. The van der Waals surface area contributed by atoms with Crippen LogP contribution in [0.2, 0.25) is 0 Å². The molecule has 0 aromatic heterocycles. The van der Waals surface area contributed by atoms with E-state index in [9.17, 15) is 8.42 Å². The first-order valence-electron chi connectivity index (χ1n) is 4.59. The first-order chi connectivity index (χ1) is 6.59. The van der Waals surface area contributed by atoms with Crippen LogP contribution in [0.25, 0.3) is 0 Å². The molecule has 0 spiro atoms. The Kier molecular flexibility index (Phi) is 2.33. The second-order valence-electron chi connectivity index (χ2n) is 3.66. The van der Waals surface area contributed by atoms with E-state index in [1.807, 2.05) is 24.1 Å². The number of fused-ring (bicyclic) bond motifs is 1. The van der Waals surface area contributed by atoms with Crippen molar-refractivity contribution in [2.45, 2.75) is 11.4 Å². The lowest BCUT2D eigenvalue weighted by Crippen LogP contribution is -2.21. The maximum absolute atomic E-state index is 11.8. The molecule has 1 aliphatic heterocycles. The van der Waals surface area contributed by atoms with Gasteiger partial charge in [0.1, 0.15) is 0 Å². The maximum Gasteiger partial charge on any atom is 0.179 e. The average Bonchev–Trinajstić information content (AvgIpc) is 2.25. The van der Waals surface area contributed by atoms with Crippen molar-refractivity contribution < 1.29 is 8.42 Å². The minimum absolute atomic E-state index is 0.223. The number of hydrogen-bond donors (Lipinski definition) is 0. The lowest BCUT2D eigenvalue weighted by Gasteiger charge is -2.11. The van der Waals surface area contributed by atoms with Gasteiger partial charge in [0.05, 0.1) is 10.6 Å². The Morgan fingerprint density at radius 1 is 1.29 bits per heavy atom. The van der Waals surface area contributed by atoms with Gasteiger partial charge in [0.25, 0.3) is 0 Å². The SMILES string of the molecule is CN1CCS(=O)(=O)c2ccccc2C1. The Balaban J connectivity index is 2.58. The fourth-order valence-corrected chi connectivity index (χ4v) is 3.28. The number of rotatable bonds is 0. The van der Waals surface area contributed by atoms with Gasteiger partial charge in [0.15, 0.2) is 9.84 Å². The van der Waals surface area contributed by atoms with E-state index < -0.39 is 9.84 Å². The van der Waals surface area contributed by atoms with Crippen LogP contribution in [0, 0.1) is 0 Å². The van der Waals surface area contributed by atoms with E-state index in [4.69, 9.17) is 0 Å². The van der Waals surface area contributed by atoms with Gasteiger partial charge >= 0.3 is 0 Å². The topological polar surface area (TPSA) is 37.4 Å². The molecular weight excluding hydrogens is 198 g/mol. The predicted molar refractivity (Wildman–Crippen MR) is 54.8 cm³/mol. The summed E-state index contributed by atoms with van der Waals surface area (Å²) in [5.74, 6) is 0.223. The zero-order chi connectivity index (χ0) is 10.2. The molecule has 14 heavy (non-hydrogen) atoms. The molecule has 0 saturated heterocycles. The molecule has 4 heteroatoms. The molecule has 0 radical (unpaired) electrons. The van der Waals surface area contributed by atoms with Crippen LogP contribution in [0.4, 0.5) is 0 Å². The van der Waals surface area contributed by atoms with E-state index in [-0.39, 0.29) is 5.75 Å². The van der Waals surface area contributed by atoms with E-state index in [1.54, 1.807) is 12.1 Å². The van der Waals surface area contributed by atoms with Gasteiger partial charge in [0.2, 0.25) is 0 Å². The van der Waals surface area contributed by atoms with Crippen LogP contribution in [0.3, 0.4) is 0 Å². The van der Waals surface area contributed by atoms with Crippen molar-refractivity contribution in [2.75, 3.05) is 19.3 Å². The number of benzene rings is 1. The number of sulfone groups is 1. The molecule has 1 heterocycles. The normalized spacial score (nSPS) is 21.2. The summed E-state index contributed by atoms with van der Waals surface area (Å²) in [4.78, 5) is 2.54. The van der Waals surface area contributed by atoms with Crippen LogP contribution in [-0.4, -0.2) is 32.7 Å². The molecule has 1 aromatic rings. The monoisotopic (exact) mass is 211 g/mol. The van der Waals surface area contributed by atoms with Crippen molar-refractivity contribution >= 4 is 9.84 Å². The van der Waals surface area contributed by atoms with Gasteiger partial charge in [-0.3, -0.25) is 0 Å². The van der Waals surface area contributed by atoms with Crippen molar-refractivity contribution in [1.82, 2.24) is 4.90 Å². The summed E-state index contributed by atoms with van der Waals surface area (Å²) in [5, 5.41) is 0. The molecule has 76 valence electrons. The second kappa shape index (κ2) is 3.37. The fourth-order valence-electron chi connectivity index (χ4n) is 1.69. The molecule has 2 rings (SSSR count). The summed E-state index contributed by atoms with van der Waals surface area (Å²) in [6, 6.07) is 7.24. The minimum atomic E-state index is -3.05. The second-order valence-corrected chi connectivity index (χ2v) is 5.74. The van der Waals surface area contributed by atoms with E-state index in [0.29, 0.717) is 11.4 Å². The van der Waals surface area contributed by atoms with Crippen LogP contribution in [0.15, 0.2) is 29.2 Å². The zero-order valence-electron chi connectivity index (χ0n) is 8.10. The Hall–Kier alpha value is -0.870. The third-order valence-corrected chi connectivity index (χ3v) is 4.28. The third-order valence-electron chi connectivity index (χ3n) is 2.49. The zero-order valence-corrected chi connectivity index (χ0v) is 8.92. The molecule has 3 nitrogen and oxygen atoms in total. The molecule has 0 saturated carbocycles. The Morgan fingerprint density at radius 3 is 2.79 bits per heavy atom. The van der Waals surface area contributed by atoms with E-state index >= 15 is 0 Å². The molecule has 0 aliphatic carbocycles. The van der Waals surface area contributed by atoms with Crippen molar-refractivity contribution in [1.29, 1.82) is 0 Å². The lowest BCUT2D eigenvalue weighted by atomic mass is 10.2. The average molecular weight is 211 g/mol. The Labute approximate surface area is 84.3 Å². The van der Waals surface area contributed by atoms with Crippen LogP contribution in [0.1, 0.15) is 5.56 Å². The maximum atomic E-state index is 11.8. The van der Waals surface area contributed by atoms with Crippen molar-refractivity contribution in [2.24, 2.45) is 0 Å². The minimum Gasteiger partial charge on any atom is -0.301 e. The molecule has 0 atom stereocenters. The van der Waals surface area contributed by atoms with Gasteiger partial charge < -0.3 is 4.90 Å².